The minimum absolute atomic E-state index is 0.0918. The highest BCUT2D eigenvalue weighted by Crippen LogP contribution is 2.26. The summed E-state index contributed by atoms with van der Waals surface area (Å²) in [6, 6.07) is 0. The van der Waals surface area contributed by atoms with E-state index in [1.165, 1.54) is 0 Å². The first-order valence-electron chi connectivity index (χ1n) is 33.0. The largest absolute Gasteiger partial charge is 0.466 e. The summed E-state index contributed by atoms with van der Waals surface area (Å²) in [5, 5.41) is 0. The second-order valence-corrected chi connectivity index (χ2v) is 22.8. The molecule has 16 heteroatoms. The second-order valence-electron chi connectivity index (χ2n) is 22.8. The minimum Gasteiger partial charge on any atom is -0.466 e. The highest BCUT2D eigenvalue weighted by molar-refractivity contribution is 5.75. The number of rotatable bonds is 57. The van der Waals surface area contributed by atoms with Crippen LogP contribution in [0.15, 0.2) is 0 Å². The first-order valence-corrected chi connectivity index (χ1v) is 33.0. The van der Waals surface area contributed by atoms with Crippen molar-refractivity contribution < 1.29 is 76.3 Å². The fraction of sp³-hybridized carbons (Fsp3) is 0.879. The van der Waals surface area contributed by atoms with Gasteiger partial charge in [0.1, 0.15) is 0 Å². The van der Waals surface area contributed by atoms with Crippen molar-refractivity contribution >= 4 is 47.8 Å². The number of hydrogen-bond donors (Lipinski definition) is 0. The van der Waals surface area contributed by atoms with E-state index in [0.29, 0.717) is 179 Å². The molecule has 0 heterocycles. The molecular formula is C66H118O16. The number of carbonyl (C=O) groups is 8. The topological polar surface area (TPSA) is 210 Å². The molecule has 0 N–H and O–H groups in total. The van der Waals surface area contributed by atoms with Crippen LogP contribution < -0.4 is 0 Å². The highest BCUT2D eigenvalue weighted by Gasteiger charge is 2.27. The van der Waals surface area contributed by atoms with Gasteiger partial charge in [0.25, 0.3) is 0 Å². The molecule has 0 spiro atoms. The SMILES string of the molecule is CCCC(CC)COC(=O)CCCCCOC(=O)CCCC(CCC(CCCC(=O)OCCCCCC(=O)OCC(CC)CCC)C(=O)OCCCCCC(=O)OCC(CC)CCC)C(=O)OCCCCCC(=O)OCC(CC)CCC. The second kappa shape index (κ2) is 54.7. The highest BCUT2D eigenvalue weighted by atomic mass is 16.6. The van der Waals surface area contributed by atoms with E-state index in [9.17, 15) is 38.4 Å². The third-order valence-corrected chi connectivity index (χ3v) is 15.5. The maximum atomic E-state index is 13.8. The summed E-state index contributed by atoms with van der Waals surface area (Å²) in [6.45, 7) is 19.4. The first kappa shape index (κ1) is 77.8. The molecule has 0 aliphatic heterocycles. The van der Waals surface area contributed by atoms with Crippen molar-refractivity contribution in [1.82, 2.24) is 0 Å². The van der Waals surface area contributed by atoms with Crippen molar-refractivity contribution in [3.05, 3.63) is 0 Å². The van der Waals surface area contributed by atoms with Crippen molar-refractivity contribution in [2.24, 2.45) is 35.5 Å². The van der Waals surface area contributed by atoms with Gasteiger partial charge in [-0.05, 0) is 165 Å². The lowest BCUT2D eigenvalue weighted by Gasteiger charge is -2.20. The minimum atomic E-state index is -0.627. The number of carbonyl (C=O) groups excluding carboxylic acids is 8. The van der Waals surface area contributed by atoms with Gasteiger partial charge in [-0.25, -0.2) is 0 Å². The summed E-state index contributed by atoms with van der Waals surface area (Å²) >= 11 is 0. The van der Waals surface area contributed by atoms with Crippen LogP contribution in [0, 0.1) is 35.5 Å². The summed E-state index contributed by atoms with van der Waals surface area (Å²) in [4.78, 5) is 102. The summed E-state index contributed by atoms with van der Waals surface area (Å²) < 4.78 is 44.5. The van der Waals surface area contributed by atoms with Crippen LogP contribution in [0.2, 0.25) is 0 Å². The maximum absolute atomic E-state index is 13.8. The maximum Gasteiger partial charge on any atom is 0.308 e. The van der Waals surface area contributed by atoms with Gasteiger partial charge in [-0.15, -0.1) is 0 Å². The van der Waals surface area contributed by atoms with Gasteiger partial charge in [-0.3, -0.25) is 38.4 Å². The van der Waals surface area contributed by atoms with Crippen LogP contribution in [0.25, 0.3) is 0 Å². The Morgan fingerprint density at radius 3 is 0.720 bits per heavy atom. The van der Waals surface area contributed by atoms with Crippen molar-refractivity contribution in [3.63, 3.8) is 0 Å². The van der Waals surface area contributed by atoms with E-state index in [1.54, 1.807) is 0 Å². The van der Waals surface area contributed by atoms with Gasteiger partial charge in [-0.1, -0.05) is 107 Å². The predicted octanol–water partition coefficient (Wildman–Crippen LogP) is 15.2. The number of hydrogen-bond acceptors (Lipinski definition) is 16. The third-order valence-electron chi connectivity index (χ3n) is 15.5. The number of ether oxygens (including phenoxy) is 8. The zero-order chi connectivity index (χ0) is 60.9. The molecule has 0 aromatic rings. The zero-order valence-electron chi connectivity index (χ0n) is 53.1. The Kier molecular flexibility index (Phi) is 51.9. The van der Waals surface area contributed by atoms with E-state index in [4.69, 9.17) is 37.9 Å². The van der Waals surface area contributed by atoms with Crippen LogP contribution in [0.3, 0.4) is 0 Å². The quantitative estimate of drug-likeness (QED) is 0.0315. The van der Waals surface area contributed by atoms with Gasteiger partial charge in [-0.2, -0.15) is 0 Å². The number of esters is 8. The molecule has 0 saturated heterocycles. The summed E-state index contributed by atoms with van der Waals surface area (Å²) in [5.41, 5.74) is 0. The zero-order valence-corrected chi connectivity index (χ0v) is 53.1. The molecule has 0 saturated carbocycles. The Bertz CT molecular complexity index is 1530. The summed E-state index contributed by atoms with van der Waals surface area (Å²) in [7, 11) is 0. The average molecular weight is 1170 g/mol. The van der Waals surface area contributed by atoms with Crippen molar-refractivity contribution in [2.75, 3.05) is 52.9 Å². The third kappa shape index (κ3) is 45.2. The summed E-state index contributed by atoms with van der Waals surface area (Å²) in [5.74, 6) is -2.22. The van der Waals surface area contributed by atoms with Crippen LogP contribution in [0.1, 0.15) is 287 Å². The van der Waals surface area contributed by atoms with E-state index in [0.717, 1.165) is 77.0 Å². The van der Waals surface area contributed by atoms with Crippen LogP contribution >= 0.6 is 0 Å². The molecule has 0 amide bonds. The molecule has 6 atom stereocenters. The van der Waals surface area contributed by atoms with Crippen LogP contribution in [-0.4, -0.2) is 101 Å². The van der Waals surface area contributed by atoms with Gasteiger partial charge < -0.3 is 37.9 Å². The molecule has 478 valence electrons. The fourth-order valence-corrected chi connectivity index (χ4v) is 9.82. The van der Waals surface area contributed by atoms with Crippen molar-refractivity contribution in [2.45, 2.75) is 287 Å². The molecule has 6 unspecified atom stereocenters. The Morgan fingerprint density at radius 1 is 0.244 bits per heavy atom. The Morgan fingerprint density at radius 2 is 0.476 bits per heavy atom. The monoisotopic (exact) mass is 1170 g/mol. The Labute approximate surface area is 497 Å². The van der Waals surface area contributed by atoms with Gasteiger partial charge >= 0.3 is 47.8 Å². The molecule has 0 fully saturated rings. The van der Waals surface area contributed by atoms with Gasteiger partial charge in [0, 0.05) is 38.5 Å². The molecule has 0 aromatic carbocycles. The van der Waals surface area contributed by atoms with E-state index in [2.05, 4.69) is 55.4 Å². The standard InChI is InChI=1S/C66H118O16/c1-9-31-53(13-5)49-79-61(69)37-21-17-25-45-75-59(67)41-29-35-57(65(73)77-47-27-19-23-39-63(71)81-51-55(15-7)33-11-3)43-44-58(66(74)78-48-28-20-24-40-64(72)82-52-56(16-8)34-12-4)36-30-42-60(68)76-46-26-18-22-38-62(70)80-50-54(14-6)32-10-2/h53-58H,9-52H2,1-8H3. The van der Waals surface area contributed by atoms with Gasteiger partial charge in [0.05, 0.1) is 64.7 Å². The van der Waals surface area contributed by atoms with E-state index in [-0.39, 0.29) is 87.9 Å². The molecule has 0 aliphatic carbocycles. The molecular weight excluding hydrogens is 1050 g/mol. The molecule has 0 aliphatic rings. The van der Waals surface area contributed by atoms with Crippen LogP contribution in [0.5, 0.6) is 0 Å². The number of unbranched alkanes of at least 4 members (excludes halogenated alkanes) is 8. The van der Waals surface area contributed by atoms with Crippen molar-refractivity contribution in [3.8, 4) is 0 Å². The summed E-state index contributed by atoms with van der Waals surface area (Å²) in [6.07, 6.45) is 23.1. The molecule has 0 aromatic heterocycles. The Hall–Kier alpha value is -4.24. The molecule has 16 nitrogen and oxygen atoms in total. The van der Waals surface area contributed by atoms with Crippen LogP contribution in [-0.2, 0) is 76.3 Å². The van der Waals surface area contributed by atoms with E-state index < -0.39 is 23.8 Å². The predicted molar refractivity (Wildman–Crippen MR) is 320 cm³/mol. The van der Waals surface area contributed by atoms with Gasteiger partial charge in [0.2, 0.25) is 0 Å². The lowest BCUT2D eigenvalue weighted by Crippen LogP contribution is -2.24. The molecule has 0 radical (unpaired) electrons. The molecule has 0 rings (SSSR count). The lowest BCUT2D eigenvalue weighted by molar-refractivity contribution is -0.153. The Balaban J connectivity index is 5.62. The molecule has 0 bridgehead atoms. The van der Waals surface area contributed by atoms with E-state index >= 15 is 0 Å². The smallest absolute Gasteiger partial charge is 0.308 e. The van der Waals surface area contributed by atoms with Gasteiger partial charge in [0.15, 0.2) is 0 Å². The van der Waals surface area contributed by atoms with Crippen LogP contribution in [0.4, 0.5) is 0 Å². The van der Waals surface area contributed by atoms with E-state index in [1.807, 2.05) is 0 Å². The fourth-order valence-electron chi connectivity index (χ4n) is 9.82. The lowest BCUT2D eigenvalue weighted by atomic mass is 9.89. The van der Waals surface area contributed by atoms with Crippen molar-refractivity contribution in [1.29, 1.82) is 0 Å². The normalized spacial score (nSPS) is 13.4. The average Bonchev–Trinajstić information content (AvgIpc) is 3.46. The first-order chi connectivity index (χ1) is 39.7. The molecule has 82 heavy (non-hydrogen) atoms.